The Labute approximate surface area is 363 Å². The molecule has 0 aromatic heterocycles. The maximum atomic E-state index is 17.4. The van der Waals surface area contributed by atoms with Gasteiger partial charge in [-0.25, -0.2) is 0 Å². The van der Waals surface area contributed by atoms with Crippen molar-refractivity contribution in [2.45, 2.75) is 20.8 Å². The van der Waals surface area contributed by atoms with Crippen LogP contribution in [0.4, 0.5) is 65.9 Å². The van der Waals surface area contributed by atoms with Gasteiger partial charge in [0.15, 0.2) is 0 Å². The molecule has 0 amide bonds. The molecule has 0 spiro atoms. The van der Waals surface area contributed by atoms with Crippen LogP contribution in [0.5, 0.6) is 23.0 Å². The van der Waals surface area contributed by atoms with Crippen LogP contribution < -0.4 is 40.5 Å². The average molecular weight is 956 g/mol. The van der Waals surface area contributed by atoms with Gasteiger partial charge in [0.25, 0.3) is 0 Å². The second-order valence-electron chi connectivity index (χ2n) is 14.6. The summed E-state index contributed by atoms with van der Waals surface area (Å²) in [6, 6.07) is 17.4. The molecule has 66 heavy (non-hydrogen) atoms. The standard InChI is InChI=1S/C45H25BF15O4P/c1-19-4-11-23(12-5-19)66(24-13-6-20(2)7-14-24,25-15-8-21(3)9-16-25,45-41(60)35(54)30(49)36(55)42(45)61)27-18-22(62)10-17-26(27)63-46(64-43-37(56)31(50)28(47)32(51)38(43)57)65-44-39(58)33(52)29(48)34(53)40(44)59/h4-18,62H,1-3H3. The first-order chi connectivity index (χ1) is 31.1. The number of rotatable bonds is 11. The van der Waals surface area contributed by atoms with E-state index in [0.29, 0.717) is 34.9 Å². The zero-order chi connectivity index (χ0) is 48.3. The van der Waals surface area contributed by atoms with E-state index < -0.39 is 135 Å². The van der Waals surface area contributed by atoms with E-state index in [-0.39, 0.29) is 15.9 Å². The number of phenolic OH excluding ortho intramolecular Hbond substituents is 1. The Morgan fingerprint density at radius 2 is 0.652 bits per heavy atom. The Hall–Kier alpha value is -6.82. The predicted molar refractivity (Wildman–Crippen MR) is 213 cm³/mol. The van der Waals surface area contributed by atoms with Gasteiger partial charge in [0.05, 0.1) is 0 Å². The minimum absolute atomic E-state index is 0.323. The Morgan fingerprint density at radius 3 is 0.970 bits per heavy atom. The van der Waals surface area contributed by atoms with Gasteiger partial charge in [0, 0.05) is 0 Å². The summed E-state index contributed by atoms with van der Waals surface area (Å²) in [6.07, 6.45) is 0. The monoisotopic (exact) mass is 956 g/mol. The molecule has 0 aliphatic heterocycles. The number of hydrogen-bond acceptors (Lipinski definition) is 4. The molecule has 0 saturated carbocycles. The molecule has 1 N–H and O–H groups in total. The number of benzene rings is 7. The van der Waals surface area contributed by atoms with Crippen LogP contribution in [-0.4, -0.2) is 12.4 Å². The molecule has 0 bridgehead atoms. The molecule has 0 aliphatic carbocycles. The van der Waals surface area contributed by atoms with E-state index in [4.69, 9.17) is 14.0 Å². The summed E-state index contributed by atoms with van der Waals surface area (Å²) < 4.78 is 245. The quantitative estimate of drug-likeness (QED) is 0.0462. The van der Waals surface area contributed by atoms with E-state index in [1.807, 2.05) is 0 Å². The Morgan fingerprint density at radius 1 is 0.364 bits per heavy atom. The molecule has 0 atom stereocenters. The van der Waals surface area contributed by atoms with Gasteiger partial charge < -0.3 is 0 Å². The van der Waals surface area contributed by atoms with Crippen LogP contribution in [0.1, 0.15) is 16.7 Å². The average Bonchev–Trinajstić information content (AvgIpc) is 3.30. The van der Waals surface area contributed by atoms with E-state index in [2.05, 4.69) is 0 Å². The summed E-state index contributed by atoms with van der Waals surface area (Å²) in [4.78, 5) is 0. The van der Waals surface area contributed by atoms with Crippen LogP contribution in [0.2, 0.25) is 0 Å². The van der Waals surface area contributed by atoms with Crippen molar-refractivity contribution in [3.63, 3.8) is 0 Å². The van der Waals surface area contributed by atoms with E-state index in [1.165, 1.54) is 72.8 Å². The first-order valence-corrected chi connectivity index (χ1v) is 20.9. The van der Waals surface area contributed by atoms with Crippen molar-refractivity contribution >= 4 is 40.4 Å². The fourth-order valence-electron chi connectivity index (χ4n) is 7.59. The molecule has 7 aromatic carbocycles. The normalized spacial score (nSPS) is 12.2. The molecular weight excluding hydrogens is 931 g/mol. The van der Waals surface area contributed by atoms with Crippen molar-refractivity contribution < 1.29 is 84.9 Å². The van der Waals surface area contributed by atoms with Crippen molar-refractivity contribution in [3.8, 4) is 23.0 Å². The fraction of sp³-hybridized carbons (Fsp3) is 0.0667. The van der Waals surface area contributed by atoms with Gasteiger partial charge in [-0.3, -0.25) is 0 Å². The third kappa shape index (κ3) is 7.04. The van der Waals surface area contributed by atoms with E-state index >= 15 is 39.5 Å². The van der Waals surface area contributed by atoms with Crippen LogP contribution in [-0.2, 0) is 0 Å². The van der Waals surface area contributed by atoms with Gasteiger partial charge in [0.2, 0.25) is 0 Å². The second-order valence-corrected chi connectivity index (χ2v) is 19.3. The zero-order valence-corrected chi connectivity index (χ0v) is 34.4. The molecule has 0 heterocycles. The molecule has 0 radical (unpaired) electrons. The van der Waals surface area contributed by atoms with Gasteiger partial charge in [-0.05, 0) is 0 Å². The van der Waals surface area contributed by atoms with E-state index in [1.54, 1.807) is 20.8 Å². The number of aryl methyl sites for hydroxylation is 3. The van der Waals surface area contributed by atoms with Gasteiger partial charge in [-0.1, -0.05) is 0 Å². The fourth-order valence-corrected chi connectivity index (χ4v) is 14.5. The van der Waals surface area contributed by atoms with Crippen LogP contribution in [0.25, 0.3) is 0 Å². The summed E-state index contributed by atoms with van der Waals surface area (Å²) in [5.41, 5.74) is 1.33. The minimum atomic E-state index is -6.39. The van der Waals surface area contributed by atoms with Crippen molar-refractivity contribution in [1.29, 1.82) is 0 Å². The van der Waals surface area contributed by atoms with Crippen LogP contribution in [0.15, 0.2) is 91.0 Å². The molecule has 7 rings (SSSR count). The summed E-state index contributed by atoms with van der Waals surface area (Å²) in [5.74, 6) is -46.8. The number of aromatic hydroxyl groups is 1. The van der Waals surface area contributed by atoms with E-state index in [9.17, 15) is 31.4 Å². The Balaban J connectivity index is 1.72. The zero-order valence-electron chi connectivity index (χ0n) is 33.5. The predicted octanol–water partition coefficient (Wildman–Crippen LogP) is 10.4. The molecule has 0 aliphatic rings. The topological polar surface area (TPSA) is 47.9 Å². The van der Waals surface area contributed by atoms with Gasteiger partial charge in [0.1, 0.15) is 0 Å². The van der Waals surface area contributed by atoms with Crippen molar-refractivity contribution in [2.24, 2.45) is 0 Å². The maximum absolute atomic E-state index is 17.4. The molecule has 21 heteroatoms. The molecule has 7 aromatic rings. The SMILES string of the molecule is Cc1ccc(P(c2ccc(C)cc2)(c2ccc(C)cc2)(c2cc(O)ccc2OB(Oc2c(F)c(F)c(F)c(F)c2F)Oc2c(F)c(F)c(F)c(F)c2F)c2c(F)c(F)c(F)c(F)c2F)cc1. The van der Waals surface area contributed by atoms with Crippen LogP contribution >= 0.6 is 6.60 Å². The molecule has 342 valence electrons. The summed E-state index contributed by atoms with van der Waals surface area (Å²) in [5, 5.41) is 7.88. The van der Waals surface area contributed by atoms with Crippen LogP contribution in [0, 0.1) is 108 Å². The van der Waals surface area contributed by atoms with Crippen molar-refractivity contribution in [1.82, 2.24) is 0 Å². The van der Waals surface area contributed by atoms with Crippen molar-refractivity contribution in [3.05, 3.63) is 195 Å². The molecule has 4 nitrogen and oxygen atoms in total. The Kier molecular flexibility index (Phi) is 12.3. The first-order valence-electron chi connectivity index (χ1n) is 18.7. The Bertz CT molecular complexity index is 2810. The molecular formula is C45H25BF15O4P. The van der Waals surface area contributed by atoms with Gasteiger partial charge in [-0.15, -0.1) is 0 Å². The second kappa shape index (κ2) is 17.2. The van der Waals surface area contributed by atoms with Gasteiger partial charge >= 0.3 is 364 Å². The number of halogens is 15. The molecule has 0 saturated heterocycles. The molecule has 0 unspecified atom stereocenters. The van der Waals surface area contributed by atoms with Crippen LogP contribution in [0.3, 0.4) is 0 Å². The first kappa shape index (κ1) is 47.2. The van der Waals surface area contributed by atoms with E-state index in [0.717, 1.165) is 0 Å². The summed E-state index contributed by atoms with van der Waals surface area (Å²) >= 11 is 0. The van der Waals surface area contributed by atoms with Gasteiger partial charge in [-0.2, -0.15) is 0 Å². The summed E-state index contributed by atoms with van der Waals surface area (Å²) in [6.45, 7) is -1.74. The number of phenols is 1. The molecule has 0 fully saturated rings. The third-order valence-corrected chi connectivity index (χ3v) is 17.3. The number of hydrogen-bond donors (Lipinski definition) is 1. The third-order valence-electron chi connectivity index (χ3n) is 10.7. The van der Waals surface area contributed by atoms with Crippen molar-refractivity contribution in [2.75, 3.05) is 0 Å². The summed E-state index contributed by atoms with van der Waals surface area (Å²) in [7, 11) is -3.51.